The molecule has 4 heteroatoms. The third-order valence-electron chi connectivity index (χ3n) is 1.74. The van der Waals surface area contributed by atoms with Crippen LogP contribution in [-0.4, -0.2) is 23.7 Å². The third-order valence-corrected chi connectivity index (χ3v) is 1.74. The molecule has 12 heavy (non-hydrogen) atoms. The van der Waals surface area contributed by atoms with E-state index in [0.29, 0.717) is 0 Å². The summed E-state index contributed by atoms with van der Waals surface area (Å²) in [4.78, 5) is 13.2. The van der Waals surface area contributed by atoms with Gasteiger partial charge in [0.2, 0.25) is 5.56 Å². The second-order valence-corrected chi connectivity index (χ2v) is 2.51. The van der Waals surface area contributed by atoms with Crippen LogP contribution in [0.15, 0.2) is 23.1 Å². The highest BCUT2D eigenvalue weighted by atomic mass is 16.3. The molecular weight excluding hydrogens is 156 g/mol. The molecule has 0 bridgehead atoms. The predicted molar refractivity (Wildman–Crippen MR) is 45.9 cm³/mol. The van der Waals surface area contributed by atoms with Gasteiger partial charge >= 0.3 is 0 Å². The number of aliphatic hydroxyl groups is 1. The highest BCUT2D eigenvalue weighted by molar-refractivity contribution is 5.13. The normalized spacial score (nSPS) is 12.8. The van der Waals surface area contributed by atoms with Gasteiger partial charge in [0.1, 0.15) is 0 Å². The minimum atomic E-state index is -0.133. The minimum absolute atomic E-state index is 0.0164. The summed E-state index contributed by atoms with van der Waals surface area (Å²) in [6.45, 7) is 0.0164. The van der Waals surface area contributed by atoms with Gasteiger partial charge < -0.3 is 15.4 Å². The van der Waals surface area contributed by atoms with Crippen LogP contribution in [0.3, 0.4) is 0 Å². The first-order valence-electron chi connectivity index (χ1n) is 3.74. The first-order valence-corrected chi connectivity index (χ1v) is 3.74. The van der Waals surface area contributed by atoms with E-state index in [1.54, 1.807) is 19.3 Å². The van der Waals surface area contributed by atoms with Crippen LogP contribution in [0.4, 0.5) is 0 Å². The Morgan fingerprint density at radius 3 is 2.83 bits per heavy atom. The minimum Gasteiger partial charge on any atom is -0.394 e. The van der Waals surface area contributed by atoms with E-state index >= 15 is 0 Å². The van der Waals surface area contributed by atoms with Crippen molar-refractivity contribution in [2.24, 2.45) is 0 Å². The van der Waals surface area contributed by atoms with E-state index < -0.39 is 0 Å². The number of aromatic nitrogens is 1. The second-order valence-electron chi connectivity index (χ2n) is 2.51. The molecule has 1 aromatic rings. The Morgan fingerprint density at radius 2 is 2.42 bits per heavy atom. The molecule has 0 saturated heterocycles. The van der Waals surface area contributed by atoms with Crippen molar-refractivity contribution in [2.75, 3.05) is 13.7 Å². The molecule has 0 aliphatic heterocycles. The van der Waals surface area contributed by atoms with E-state index in [2.05, 4.69) is 10.3 Å². The molecule has 66 valence electrons. The molecule has 0 aliphatic rings. The van der Waals surface area contributed by atoms with Gasteiger partial charge in [-0.1, -0.05) is 6.07 Å². The van der Waals surface area contributed by atoms with E-state index in [1.807, 2.05) is 0 Å². The average Bonchev–Trinajstić information content (AvgIpc) is 2.10. The number of hydrogen-bond acceptors (Lipinski definition) is 3. The molecule has 1 rings (SSSR count). The average molecular weight is 168 g/mol. The van der Waals surface area contributed by atoms with Crippen LogP contribution in [0, 0.1) is 0 Å². The van der Waals surface area contributed by atoms with Gasteiger partial charge in [-0.3, -0.25) is 4.79 Å². The molecular formula is C8H12N2O2. The van der Waals surface area contributed by atoms with Gasteiger partial charge in [-0.2, -0.15) is 0 Å². The van der Waals surface area contributed by atoms with Crippen molar-refractivity contribution in [1.82, 2.24) is 10.3 Å². The number of H-pyrrole nitrogens is 1. The number of likely N-dealkylation sites (N-methyl/N-ethyl adjacent to an activating group) is 1. The zero-order valence-electron chi connectivity index (χ0n) is 6.87. The van der Waals surface area contributed by atoms with Gasteiger partial charge in [0.15, 0.2) is 0 Å². The van der Waals surface area contributed by atoms with Crippen molar-refractivity contribution in [3.05, 3.63) is 34.2 Å². The van der Waals surface area contributed by atoms with E-state index in [0.717, 1.165) is 5.56 Å². The van der Waals surface area contributed by atoms with Crippen LogP contribution < -0.4 is 10.9 Å². The summed E-state index contributed by atoms with van der Waals surface area (Å²) < 4.78 is 0. The first kappa shape index (κ1) is 8.96. The summed E-state index contributed by atoms with van der Waals surface area (Å²) in [5.41, 5.74) is 0.742. The fourth-order valence-electron chi connectivity index (χ4n) is 1.00. The monoisotopic (exact) mass is 168 g/mol. The van der Waals surface area contributed by atoms with E-state index in [9.17, 15) is 4.79 Å². The highest BCUT2D eigenvalue weighted by Crippen LogP contribution is 2.07. The maximum atomic E-state index is 10.7. The maximum absolute atomic E-state index is 10.7. The van der Waals surface area contributed by atoms with E-state index in [4.69, 9.17) is 5.11 Å². The summed E-state index contributed by atoms with van der Waals surface area (Å²) in [6.07, 6.45) is 1.60. The van der Waals surface area contributed by atoms with Gasteiger partial charge in [-0.15, -0.1) is 0 Å². The zero-order chi connectivity index (χ0) is 8.97. The van der Waals surface area contributed by atoms with Crippen molar-refractivity contribution in [1.29, 1.82) is 0 Å². The van der Waals surface area contributed by atoms with E-state index in [1.165, 1.54) is 6.07 Å². The highest BCUT2D eigenvalue weighted by Gasteiger charge is 2.05. The van der Waals surface area contributed by atoms with Gasteiger partial charge in [-0.05, 0) is 12.6 Å². The zero-order valence-corrected chi connectivity index (χ0v) is 6.87. The molecule has 0 aromatic carbocycles. The first-order chi connectivity index (χ1) is 5.77. The number of rotatable bonds is 3. The van der Waals surface area contributed by atoms with Crippen molar-refractivity contribution in [3.8, 4) is 0 Å². The molecule has 3 N–H and O–H groups in total. The lowest BCUT2D eigenvalue weighted by Gasteiger charge is -2.11. The molecule has 4 nitrogen and oxygen atoms in total. The van der Waals surface area contributed by atoms with Crippen LogP contribution in [0.5, 0.6) is 0 Å². The predicted octanol–water partition coefficient (Wildman–Crippen LogP) is -0.372. The lowest BCUT2D eigenvalue weighted by molar-refractivity contribution is 0.250. The molecule has 0 amide bonds. The summed E-state index contributed by atoms with van der Waals surface area (Å²) in [6, 6.07) is 3.02. The molecule has 1 unspecified atom stereocenters. The molecule has 1 atom stereocenters. The largest absolute Gasteiger partial charge is 0.394 e. The summed E-state index contributed by atoms with van der Waals surface area (Å²) >= 11 is 0. The standard InChI is InChI=1S/C8H12N2O2/c1-9-7(5-11)6-2-3-8(12)10-4-6/h2-4,7,9,11H,5H2,1H3,(H,10,12). The van der Waals surface area contributed by atoms with Crippen LogP contribution >= 0.6 is 0 Å². The molecule has 0 radical (unpaired) electrons. The molecule has 1 heterocycles. The summed E-state index contributed by atoms with van der Waals surface area (Å²) in [5, 5.41) is 11.8. The Bertz CT molecular complexity index is 271. The van der Waals surface area contributed by atoms with Crippen LogP contribution in [0.25, 0.3) is 0 Å². The number of pyridine rings is 1. The fourth-order valence-corrected chi connectivity index (χ4v) is 1.00. The van der Waals surface area contributed by atoms with Crippen molar-refractivity contribution in [3.63, 3.8) is 0 Å². The van der Waals surface area contributed by atoms with Gasteiger partial charge in [-0.25, -0.2) is 0 Å². The SMILES string of the molecule is CNC(CO)c1ccc(=O)[nH]c1. The number of nitrogens with one attached hydrogen (secondary N) is 2. The second kappa shape index (κ2) is 4.04. The Kier molecular flexibility index (Phi) is 3.01. The van der Waals surface area contributed by atoms with Gasteiger partial charge in [0.25, 0.3) is 0 Å². The van der Waals surface area contributed by atoms with Gasteiger partial charge in [0, 0.05) is 12.3 Å². The van der Waals surface area contributed by atoms with Crippen molar-refractivity contribution >= 4 is 0 Å². The van der Waals surface area contributed by atoms with Crippen LogP contribution in [0.1, 0.15) is 11.6 Å². The Hall–Kier alpha value is -1.13. The molecule has 0 fully saturated rings. The summed E-state index contributed by atoms with van der Waals surface area (Å²) in [7, 11) is 1.76. The van der Waals surface area contributed by atoms with E-state index in [-0.39, 0.29) is 18.2 Å². The number of aromatic amines is 1. The molecule has 1 aromatic heterocycles. The van der Waals surface area contributed by atoms with Crippen LogP contribution in [0.2, 0.25) is 0 Å². The lowest BCUT2D eigenvalue weighted by atomic mass is 10.1. The van der Waals surface area contributed by atoms with Gasteiger partial charge in [0.05, 0.1) is 12.6 Å². The fraction of sp³-hybridized carbons (Fsp3) is 0.375. The number of hydrogen-bond donors (Lipinski definition) is 3. The third kappa shape index (κ3) is 1.93. The van der Waals surface area contributed by atoms with Crippen molar-refractivity contribution < 1.29 is 5.11 Å². The smallest absolute Gasteiger partial charge is 0.247 e. The number of aliphatic hydroxyl groups excluding tert-OH is 1. The maximum Gasteiger partial charge on any atom is 0.247 e. The molecule has 0 saturated carbocycles. The topological polar surface area (TPSA) is 65.1 Å². The molecule has 0 spiro atoms. The quantitative estimate of drug-likeness (QED) is 0.577. The van der Waals surface area contributed by atoms with Crippen molar-refractivity contribution in [2.45, 2.75) is 6.04 Å². The summed E-state index contributed by atoms with van der Waals surface area (Å²) in [5.74, 6) is 0. The lowest BCUT2D eigenvalue weighted by Crippen LogP contribution is -2.21. The van der Waals surface area contributed by atoms with Crippen LogP contribution in [-0.2, 0) is 0 Å². The molecule has 0 aliphatic carbocycles. The Morgan fingerprint density at radius 1 is 1.67 bits per heavy atom. The Balaban J connectivity index is 2.87. The Labute approximate surface area is 70.3 Å².